The second kappa shape index (κ2) is 7.29. The van der Waals surface area contributed by atoms with Crippen LogP contribution in [0.4, 0.5) is 0 Å². The van der Waals surface area contributed by atoms with Gasteiger partial charge in [-0.05, 0) is 51.1 Å². The van der Waals surface area contributed by atoms with Gasteiger partial charge in [0.1, 0.15) is 0 Å². The van der Waals surface area contributed by atoms with E-state index in [-0.39, 0.29) is 0 Å². The summed E-state index contributed by atoms with van der Waals surface area (Å²) < 4.78 is 0. The zero-order valence-corrected chi connectivity index (χ0v) is 11.3. The van der Waals surface area contributed by atoms with E-state index in [0.29, 0.717) is 6.61 Å². The molecule has 1 fully saturated rings. The molecule has 2 heteroatoms. The lowest BCUT2D eigenvalue weighted by Crippen LogP contribution is -2.37. The van der Waals surface area contributed by atoms with Crippen LogP contribution in [0.2, 0.25) is 0 Å². The van der Waals surface area contributed by atoms with E-state index < -0.39 is 0 Å². The number of hydrogen-bond acceptors (Lipinski definition) is 2. The fraction of sp³-hybridized carbons (Fsp3) is 1.00. The highest BCUT2D eigenvalue weighted by Crippen LogP contribution is 2.36. The Labute approximate surface area is 101 Å². The summed E-state index contributed by atoms with van der Waals surface area (Å²) in [6.07, 6.45) is 7.60. The van der Waals surface area contributed by atoms with E-state index in [4.69, 9.17) is 5.11 Å². The Hall–Kier alpha value is -0.0800. The van der Waals surface area contributed by atoms with Crippen LogP contribution in [0.1, 0.15) is 52.4 Å². The highest BCUT2D eigenvalue weighted by atomic mass is 16.2. The lowest BCUT2D eigenvalue weighted by molar-refractivity contribution is 0.154. The van der Waals surface area contributed by atoms with Gasteiger partial charge in [0, 0.05) is 12.6 Å². The molecule has 0 bridgehead atoms. The van der Waals surface area contributed by atoms with E-state index >= 15 is 0 Å². The molecule has 3 atom stereocenters. The van der Waals surface area contributed by atoms with Crippen molar-refractivity contribution < 1.29 is 5.11 Å². The van der Waals surface area contributed by atoms with Gasteiger partial charge in [0.2, 0.25) is 0 Å². The van der Waals surface area contributed by atoms with Crippen LogP contribution in [-0.4, -0.2) is 36.2 Å². The maximum absolute atomic E-state index is 8.80. The topological polar surface area (TPSA) is 23.5 Å². The van der Waals surface area contributed by atoms with Crippen molar-refractivity contribution in [2.24, 2.45) is 11.8 Å². The first kappa shape index (κ1) is 14.0. The second-order valence-electron chi connectivity index (χ2n) is 5.46. The molecule has 0 radical (unpaired) electrons. The molecule has 0 aromatic heterocycles. The second-order valence-corrected chi connectivity index (χ2v) is 5.46. The maximum atomic E-state index is 8.80. The smallest absolute Gasteiger partial charge is 0.0431 e. The Balaban J connectivity index is 2.38. The summed E-state index contributed by atoms with van der Waals surface area (Å²) in [7, 11) is 2.27. The van der Waals surface area contributed by atoms with Gasteiger partial charge in [-0.2, -0.15) is 0 Å². The average molecular weight is 227 g/mol. The molecule has 2 nitrogen and oxygen atoms in total. The molecule has 1 N–H and O–H groups in total. The zero-order chi connectivity index (χ0) is 12.0. The molecule has 1 aliphatic rings. The Morgan fingerprint density at radius 1 is 1.31 bits per heavy atom. The van der Waals surface area contributed by atoms with Crippen molar-refractivity contribution in [3.63, 3.8) is 0 Å². The summed E-state index contributed by atoms with van der Waals surface area (Å²) in [5.41, 5.74) is 0. The molecular weight excluding hydrogens is 198 g/mol. The monoisotopic (exact) mass is 227 g/mol. The van der Waals surface area contributed by atoms with E-state index in [1.807, 2.05) is 0 Å². The van der Waals surface area contributed by atoms with Crippen molar-refractivity contribution in [1.29, 1.82) is 0 Å². The average Bonchev–Trinajstić information content (AvgIpc) is 2.77. The van der Waals surface area contributed by atoms with Gasteiger partial charge in [0.05, 0.1) is 0 Å². The molecular formula is C14H29NO. The summed E-state index contributed by atoms with van der Waals surface area (Å²) in [5.74, 6) is 1.77. The molecule has 96 valence electrons. The highest BCUT2D eigenvalue weighted by Gasteiger charge is 2.32. The van der Waals surface area contributed by atoms with E-state index in [9.17, 15) is 0 Å². The van der Waals surface area contributed by atoms with Gasteiger partial charge in [-0.3, -0.25) is 0 Å². The van der Waals surface area contributed by atoms with Crippen LogP contribution in [-0.2, 0) is 0 Å². The first-order valence-electron chi connectivity index (χ1n) is 7.01. The van der Waals surface area contributed by atoms with Crippen molar-refractivity contribution in [1.82, 2.24) is 4.90 Å². The fourth-order valence-corrected chi connectivity index (χ4v) is 3.12. The largest absolute Gasteiger partial charge is 0.396 e. The lowest BCUT2D eigenvalue weighted by atomic mass is 9.87. The number of unbranched alkanes of at least 4 members (excludes halogenated alkanes) is 1. The van der Waals surface area contributed by atoms with Gasteiger partial charge in [0.25, 0.3) is 0 Å². The third-order valence-corrected chi connectivity index (χ3v) is 4.39. The van der Waals surface area contributed by atoms with Crippen LogP contribution in [0.25, 0.3) is 0 Å². The molecule has 16 heavy (non-hydrogen) atoms. The molecule has 0 heterocycles. The SMILES string of the molecule is CCC(C)C1CCCC1N(C)CCCCO. The number of aliphatic hydroxyl groups excluding tert-OH is 1. The standard InChI is InChI=1S/C14H29NO/c1-4-12(2)13-8-7-9-14(13)15(3)10-5-6-11-16/h12-14,16H,4-11H2,1-3H3. The minimum absolute atomic E-state index is 0.341. The van der Waals surface area contributed by atoms with Crippen LogP contribution >= 0.6 is 0 Å². The van der Waals surface area contributed by atoms with Crippen LogP contribution in [0.5, 0.6) is 0 Å². The highest BCUT2D eigenvalue weighted by molar-refractivity contribution is 4.86. The normalized spacial score (nSPS) is 27.6. The van der Waals surface area contributed by atoms with Crippen LogP contribution in [0.15, 0.2) is 0 Å². The van der Waals surface area contributed by atoms with Gasteiger partial charge in [0.15, 0.2) is 0 Å². The quantitative estimate of drug-likeness (QED) is 0.676. The molecule has 0 amide bonds. The minimum atomic E-state index is 0.341. The molecule has 1 rings (SSSR count). The van der Waals surface area contributed by atoms with Gasteiger partial charge in [-0.1, -0.05) is 26.7 Å². The number of aliphatic hydroxyl groups is 1. The van der Waals surface area contributed by atoms with Gasteiger partial charge in [-0.15, -0.1) is 0 Å². The molecule has 0 aliphatic heterocycles. The van der Waals surface area contributed by atoms with E-state index in [1.54, 1.807) is 0 Å². The van der Waals surface area contributed by atoms with Crippen molar-refractivity contribution in [2.75, 3.05) is 20.2 Å². The summed E-state index contributed by atoms with van der Waals surface area (Å²) in [4.78, 5) is 2.54. The van der Waals surface area contributed by atoms with Crippen molar-refractivity contribution in [3.8, 4) is 0 Å². The Bertz CT molecular complexity index is 184. The van der Waals surface area contributed by atoms with Gasteiger partial charge >= 0.3 is 0 Å². The molecule has 1 aliphatic carbocycles. The van der Waals surface area contributed by atoms with Crippen LogP contribution in [0, 0.1) is 11.8 Å². The first-order chi connectivity index (χ1) is 7.70. The predicted octanol–water partition coefficient (Wildman–Crippen LogP) is 2.91. The number of hydrogen-bond donors (Lipinski definition) is 1. The maximum Gasteiger partial charge on any atom is 0.0431 e. The number of rotatable bonds is 7. The first-order valence-corrected chi connectivity index (χ1v) is 7.01. The van der Waals surface area contributed by atoms with E-state index in [0.717, 1.165) is 37.3 Å². The van der Waals surface area contributed by atoms with E-state index in [2.05, 4.69) is 25.8 Å². The van der Waals surface area contributed by atoms with Gasteiger partial charge in [-0.25, -0.2) is 0 Å². The number of nitrogens with zero attached hydrogens (tertiary/aromatic N) is 1. The van der Waals surface area contributed by atoms with Crippen molar-refractivity contribution in [3.05, 3.63) is 0 Å². The van der Waals surface area contributed by atoms with E-state index in [1.165, 1.54) is 25.7 Å². The summed E-state index contributed by atoms with van der Waals surface area (Å²) in [6.45, 7) is 6.21. The third kappa shape index (κ3) is 3.74. The van der Waals surface area contributed by atoms with Crippen molar-refractivity contribution >= 4 is 0 Å². The summed E-state index contributed by atoms with van der Waals surface area (Å²) in [5, 5.41) is 8.80. The molecule has 3 unspecified atom stereocenters. The third-order valence-electron chi connectivity index (χ3n) is 4.39. The minimum Gasteiger partial charge on any atom is -0.396 e. The Morgan fingerprint density at radius 3 is 2.69 bits per heavy atom. The lowest BCUT2D eigenvalue weighted by Gasteiger charge is -2.32. The molecule has 0 spiro atoms. The van der Waals surface area contributed by atoms with Crippen molar-refractivity contribution in [2.45, 2.75) is 58.4 Å². The molecule has 0 aromatic carbocycles. The van der Waals surface area contributed by atoms with Crippen LogP contribution < -0.4 is 0 Å². The summed E-state index contributed by atoms with van der Waals surface area (Å²) >= 11 is 0. The van der Waals surface area contributed by atoms with Gasteiger partial charge < -0.3 is 10.0 Å². The molecule has 0 aromatic rings. The Morgan fingerprint density at radius 2 is 2.06 bits per heavy atom. The zero-order valence-electron chi connectivity index (χ0n) is 11.3. The molecule has 0 saturated heterocycles. The van der Waals surface area contributed by atoms with Crippen LogP contribution in [0.3, 0.4) is 0 Å². The predicted molar refractivity (Wildman–Crippen MR) is 69.5 cm³/mol. The Kier molecular flexibility index (Phi) is 6.37. The summed E-state index contributed by atoms with van der Waals surface area (Å²) in [6, 6.07) is 0.800. The molecule has 1 saturated carbocycles. The fourth-order valence-electron chi connectivity index (χ4n) is 3.12.